The first-order valence-electron chi connectivity index (χ1n) is 9.51. The van der Waals surface area contributed by atoms with Gasteiger partial charge in [-0.25, -0.2) is 0 Å². The first kappa shape index (κ1) is 18.4. The lowest BCUT2D eigenvalue weighted by Gasteiger charge is -2.30. The Balaban J connectivity index is 1.58. The van der Waals surface area contributed by atoms with Crippen LogP contribution in [0.2, 0.25) is 0 Å². The number of anilines is 2. The van der Waals surface area contributed by atoms with E-state index in [1.54, 1.807) is 6.07 Å². The molecule has 1 aliphatic heterocycles. The van der Waals surface area contributed by atoms with Crippen molar-refractivity contribution in [2.45, 2.75) is 57.4 Å². The lowest BCUT2D eigenvalue weighted by Crippen LogP contribution is -2.43. The number of carbonyl (C=O) groups is 3. The first-order chi connectivity index (χ1) is 12.6. The highest BCUT2D eigenvalue weighted by Crippen LogP contribution is 2.29. The van der Waals surface area contributed by atoms with Gasteiger partial charge in [-0.3, -0.25) is 14.4 Å². The van der Waals surface area contributed by atoms with Gasteiger partial charge in [0.15, 0.2) is 0 Å². The molecule has 0 saturated heterocycles. The van der Waals surface area contributed by atoms with Crippen molar-refractivity contribution in [3.8, 4) is 0 Å². The molecule has 6 nitrogen and oxygen atoms in total. The van der Waals surface area contributed by atoms with E-state index in [0.717, 1.165) is 12.8 Å². The summed E-state index contributed by atoms with van der Waals surface area (Å²) >= 11 is 0. The Bertz CT molecular complexity index is 681. The van der Waals surface area contributed by atoms with Crippen LogP contribution in [0.1, 0.15) is 51.4 Å². The Morgan fingerprint density at radius 1 is 1.12 bits per heavy atom. The van der Waals surface area contributed by atoms with E-state index in [1.807, 2.05) is 30.1 Å². The van der Waals surface area contributed by atoms with E-state index < -0.39 is 0 Å². The summed E-state index contributed by atoms with van der Waals surface area (Å²) in [7, 11) is 1.85. The molecule has 26 heavy (non-hydrogen) atoms. The number of rotatable bonds is 4. The molecule has 1 aromatic rings. The molecule has 3 rings (SSSR count). The van der Waals surface area contributed by atoms with E-state index >= 15 is 0 Å². The van der Waals surface area contributed by atoms with Gasteiger partial charge in [0.05, 0.1) is 11.4 Å². The molecule has 0 radical (unpaired) electrons. The number of carbonyl (C=O) groups excluding carboxylic acids is 3. The maximum atomic E-state index is 12.6. The summed E-state index contributed by atoms with van der Waals surface area (Å²) < 4.78 is 0. The van der Waals surface area contributed by atoms with Crippen LogP contribution < -0.4 is 10.2 Å². The van der Waals surface area contributed by atoms with Crippen LogP contribution in [0.15, 0.2) is 24.3 Å². The zero-order valence-corrected chi connectivity index (χ0v) is 15.4. The van der Waals surface area contributed by atoms with Crippen LogP contribution in [0.5, 0.6) is 0 Å². The van der Waals surface area contributed by atoms with E-state index in [0.29, 0.717) is 17.4 Å². The van der Waals surface area contributed by atoms with Crippen LogP contribution in [0, 0.1) is 0 Å². The second-order valence-electron chi connectivity index (χ2n) is 7.20. The lowest BCUT2D eigenvalue weighted by molar-refractivity contribution is -0.134. The van der Waals surface area contributed by atoms with Crippen LogP contribution in [-0.4, -0.2) is 42.3 Å². The standard InChI is InChI=1S/C20H27N3O3/c1-22(15-8-4-2-3-5-9-15)19(25)12-13-20(26)23-14-18(24)21-16-10-6-7-11-17(16)23/h6-7,10-11,15H,2-5,8-9,12-14H2,1H3,(H,21,24). The van der Waals surface area contributed by atoms with Crippen molar-refractivity contribution in [1.29, 1.82) is 0 Å². The minimum atomic E-state index is -0.209. The summed E-state index contributed by atoms with van der Waals surface area (Å²) in [5, 5.41) is 2.77. The number of nitrogens with one attached hydrogen (secondary N) is 1. The number of nitrogens with zero attached hydrogens (tertiary/aromatic N) is 2. The van der Waals surface area contributed by atoms with Crippen molar-refractivity contribution < 1.29 is 14.4 Å². The molecule has 1 aliphatic carbocycles. The Kier molecular flexibility index (Phi) is 5.91. The minimum Gasteiger partial charge on any atom is -0.343 e. The van der Waals surface area contributed by atoms with E-state index in [2.05, 4.69) is 5.32 Å². The summed E-state index contributed by atoms with van der Waals surface area (Å²) in [5.74, 6) is -0.381. The zero-order valence-electron chi connectivity index (χ0n) is 15.4. The lowest BCUT2D eigenvalue weighted by atomic mass is 10.1. The van der Waals surface area contributed by atoms with Gasteiger partial charge in [0.1, 0.15) is 6.54 Å². The summed E-state index contributed by atoms with van der Waals surface area (Å²) in [6.07, 6.45) is 7.23. The van der Waals surface area contributed by atoms with Crippen molar-refractivity contribution >= 4 is 29.1 Å². The van der Waals surface area contributed by atoms with Gasteiger partial charge in [-0.2, -0.15) is 0 Å². The summed E-state index contributed by atoms with van der Waals surface area (Å²) in [5.41, 5.74) is 1.33. The number of benzene rings is 1. The summed E-state index contributed by atoms with van der Waals surface area (Å²) in [4.78, 5) is 40.3. The highest BCUT2D eigenvalue weighted by Gasteiger charge is 2.27. The molecule has 0 spiro atoms. The van der Waals surface area contributed by atoms with Gasteiger partial charge in [-0.15, -0.1) is 0 Å². The van der Waals surface area contributed by atoms with Crippen molar-refractivity contribution in [2.24, 2.45) is 0 Å². The molecule has 0 bridgehead atoms. The number of amides is 3. The van der Waals surface area contributed by atoms with Crippen molar-refractivity contribution in [1.82, 2.24) is 4.90 Å². The third kappa shape index (κ3) is 4.23. The van der Waals surface area contributed by atoms with Crippen molar-refractivity contribution in [2.75, 3.05) is 23.8 Å². The molecular formula is C20H27N3O3. The molecule has 0 atom stereocenters. The molecule has 6 heteroatoms. The van der Waals surface area contributed by atoms with Gasteiger partial charge in [0.2, 0.25) is 17.7 Å². The SMILES string of the molecule is CN(C(=O)CCC(=O)N1CC(=O)Nc2ccccc21)C1CCCCCC1. The second-order valence-corrected chi connectivity index (χ2v) is 7.20. The van der Waals surface area contributed by atoms with Gasteiger partial charge >= 0.3 is 0 Å². The number of hydrogen-bond donors (Lipinski definition) is 1. The molecule has 0 aromatic heterocycles. The van der Waals surface area contributed by atoms with Gasteiger partial charge in [0.25, 0.3) is 0 Å². The van der Waals surface area contributed by atoms with E-state index in [4.69, 9.17) is 0 Å². The van der Waals surface area contributed by atoms with Crippen molar-refractivity contribution in [3.05, 3.63) is 24.3 Å². The highest BCUT2D eigenvalue weighted by atomic mass is 16.2. The maximum absolute atomic E-state index is 12.6. The number of fused-ring (bicyclic) bond motifs is 1. The molecule has 1 aromatic carbocycles. The third-order valence-electron chi connectivity index (χ3n) is 5.39. The van der Waals surface area contributed by atoms with E-state index in [9.17, 15) is 14.4 Å². The van der Waals surface area contributed by atoms with Gasteiger partial charge in [-0.1, -0.05) is 37.8 Å². The zero-order chi connectivity index (χ0) is 18.5. The normalized spacial score (nSPS) is 17.9. The smallest absolute Gasteiger partial charge is 0.244 e. The summed E-state index contributed by atoms with van der Waals surface area (Å²) in [6.45, 7) is 0.00248. The Morgan fingerprint density at radius 3 is 2.54 bits per heavy atom. The second kappa shape index (κ2) is 8.34. The third-order valence-corrected chi connectivity index (χ3v) is 5.39. The average molecular weight is 357 g/mol. The molecule has 1 N–H and O–H groups in total. The predicted octanol–water partition coefficient (Wildman–Crippen LogP) is 2.93. The average Bonchev–Trinajstić information content (AvgIpc) is 2.93. The molecule has 1 saturated carbocycles. The number of hydrogen-bond acceptors (Lipinski definition) is 3. The van der Waals surface area contributed by atoms with Crippen LogP contribution in [0.4, 0.5) is 11.4 Å². The number of para-hydroxylation sites is 2. The highest BCUT2D eigenvalue weighted by molar-refractivity contribution is 6.10. The molecule has 0 unspecified atom stereocenters. The Labute approximate surface area is 154 Å². The fourth-order valence-corrected chi connectivity index (χ4v) is 3.83. The van der Waals surface area contributed by atoms with Crippen molar-refractivity contribution in [3.63, 3.8) is 0 Å². The molecule has 3 amide bonds. The summed E-state index contributed by atoms with van der Waals surface area (Å²) in [6, 6.07) is 7.53. The van der Waals surface area contributed by atoms with Crippen LogP contribution in [-0.2, 0) is 14.4 Å². The van der Waals surface area contributed by atoms with Gasteiger partial charge < -0.3 is 15.1 Å². The monoisotopic (exact) mass is 357 g/mol. The minimum absolute atomic E-state index is 0.00248. The Hall–Kier alpha value is -2.37. The first-order valence-corrected chi connectivity index (χ1v) is 9.51. The molecule has 1 heterocycles. The molecular weight excluding hydrogens is 330 g/mol. The van der Waals surface area contributed by atoms with Gasteiger partial charge in [-0.05, 0) is 25.0 Å². The quantitative estimate of drug-likeness (QED) is 0.843. The topological polar surface area (TPSA) is 69.7 Å². The fourth-order valence-electron chi connectivity index (χ4n) is 3.83. The van der Waals surface area contributed by atoms with Crippen LogP contribution in [0.25, 0.3) is 0 Å². The largest absolute Gasteiger partial charge is 0.343 e. The molecule has 140 valence electrons. The van der Waals surface area contributed by atoms with Gasteiger partial charge in [0, 0.05) is 25.9 Å². The molecule has 2 aliphatic rings. The van der Waals surface area contributed by atoms with Crippen LogP contribution >= 0.6 is 0 Å². The fraction of sp³-hybridized carbons (Fsp3) is 0.550. The van der Waals surface area contributed by atoms with E-state index in [1.165, 1.54) is 30.6 Å². The Morgan fingerprint density at radius 2 is 1.81 bits per heavy atom. The van der Waals surface area contributed by atoms with Crippen LogP contribution in [0.3, 0.4) is 0 Å². The van der Waals surface area contributed by atoms with E-state index in [-0.39, 0.29) is 37.1 Å². The maximum Gasteiger partial charge on any atom is 0.244 e. The molecule has 1 fully saturated rings. The predicted molar refractivity (Wildman–Crippen MR) is 101 cm³/mol.